The van der Waals surface area contributed by atoms with E-state index in [0.717, 1.165) is 28.9 Å². The summed E-state index contributed by atoms with van der Waals surface area (Å²) in [5.74, 6) is -0.0449. The molecule has 8 nitrogen and oxygen atoms in total. The second kappa shape index (κ2) is 7.38. The molecule has 0 aliphatic carbocycles. The van der Waals surface area contributed by atoms with Gasteiger partial charge in [-0.2, -0.15) is 5.10 Å². The molecule has 1 amide bonds. The highest BCUT2D eigenvalue weighted by atomic mass is 16.2. The zero-order chi connectivity index (χ0) is 20.7. The van der Waals surface area contributed by atoms with Crippen LogP contribution in [0.15, 0.2) is 60.9 Å². The predicted molar refractivity (Wildman–Crippen MR) is 113 cm³/mol. The van der Waals surface area contributed by atoms with Crippen LogP contribution in [0.3, 0.4) is 0 Å². The summed E-state index contributed by atoms with van der Waals surface area (Å²) in [7, 11) is 3.88. The highest BCUT2D eigenvalue weighted by Gasteiger charge is 2.32. The molecule has 1 aliphatic rings. The lowest BCUT2D eigenvalue weighted by molar-refractivity contribution is 0.0535. The molecule has 4 aromatic rings. The minimum Gasteiger partial charge on any atom is -0.334 e. The zero-order valence-corrected chi connectivity index (χ0v) is 17.0. The van der Waals surface area contributed by atoms with Gasteiger partial charge in [0.25, 0.3) is 5.91 Å². The maximum atomic E-state index is 12.9. The first kappa shape index (κ1) is 18.5. The van der Waals surface area contributed by atoms with Gasteiger partial charge in [0, 0.05) is 44.6 Å². The molecule has 0 N–H and O–H groups in total. The van der Waals surface area contributed by atoms with Crippen molar-refractivity contribution >= 4 is 11.4 Å². The van der Waals surface area contributed by atoms with E-state index < -0.39 is 0 Å². The molecule has 1 fully saturated rings. The lowest BCUT2D eigenvalue weighted by atomic mass is 10.1. The average molecular weight is 401 g/mol. The number of piperazine rings is 1. The smallest absolute Gasteiger partial charge is 0.274 e. The molecule has 0 spiro atoms. The van der Waals surface area contributed by atoms with E-state index in [4.69, 9.17) is 0 Å². The number of carbonyl (C=O) groups excluding carboxylic acids is 1. The molecule has 1 saturated heterocycles. The lowest BCUT2D eigenvalue weighted by Crippen LogP contribution is -2.49. The largest absolute Gasteiger partial charge is 0.334 e. The molecule has 5 rings (SSSR count). The summed E-state index contributed by atoms with van der Waals surface area (Å²) in [4.78, 5) is 17.0. The van der Waals surface area contributed by atoms with Crippen molar-refractivity contribution in [3.05, 3.63) is 72.3 Å². The highest BCUT2D eigenvalue weighted by molar-refractivity contribution is 5.92. The summed E-state index contributed by atoms with van der Waals surface area (Å²) < 4.78 is 3.48. The molecule has 30 heavy (non-hydrogen) atoms. The Bertz CT molecular complexity index is 1200. The molecule has 1 aliphatic heterocycles. The third-order valence-corrected chi connectivity index (χ3v) is 5.73. The van der Waals surface area contributed by atoms with Crippen molar-refractivity contribution in [3.63, 3.8) is 0 Å². The van der Waals surface area contributed by atoms with E-state index in [9.17, 15) is 4.79 Å². The van der Waals surface area contributed by atoms with E-state index in [1.165, 1.54) is 0 Å². The van der Waals surface area contributed by atoms with E-state index in [2.05, 4.69) is 51.6 Å². The van der Waals surface area contributed by atoms with Gasteiger partial charge in [0.1, 0.15) is 11.4 Å². The van der Waals surface area contributed by atoms with Crippen molar-refractivity contribution in [2.45, 2.75) is 6.04 Å². The molecule has 0 bridgehead atoms. The van der Waals surface area contributed by atoms with Crippen molar-refractivity contribution in [3.8, 4) is 11.1 Å². The Labute approximate surface area is 174 Å². The summed E-state index contributed by atoms with van der Waals surface area (Å²) >= 11 is 0. The number of aromatic nitrogens is 5. The first-order valence-corrected chi connectivity index (χ1v) is 10.00. The van der Waals surface area contributed by atoms with E-state index >= 15 is 0 Å². The van der Waals surface area contributed by atoms with Crippen molar-refractivity contribution in [1.82, 2.24) is 34.4 Å². The number of rotatable bonds is 3. The monoisotopic (exact) mass is 401 g/mol. The molecule has 152 valence electrons. The average Bonchev–Trinajstić information content (AvgIpc) is 3.40. The van der Waals surface area contributed by atoms with Crippen molar-refractivity contribution in [1.29, 1.82) is 0 Å². The summed E-state index contributed by atoms with van der Waals surface area (Å²) in [6, 6.07) is 16.1. The van der Waals surface area contributed by atoms with Crippen molar-refractivity contribution in [2.75, 3.05) is 26.7 Å². The number of carbonyl (C=O) groups is 1. The number of pyridine rings is 1. The van der Waals surface area contributed by atoms with E-state index in [1.807, 2.05) is 40.9 Å². The fourth-order valence-corrected chi connectivity index (χ4v) is 4.00. The standard InChI is InChI=1S/C22H23N7O/c1-26-12-13-28(22(30)18-10-11-27(2)24-18)15-20(26)21-19-9-8-17(14-29(19)25-23-21)16-6-4-3-5-7-16/h3-11,14,20H,12-13,15H2,1-2H3/t20-/m0/s1. The van der Waals surface area contributed by atoms with Gasteiger partial charge in [-0.25, -0.2) is 4.52 Å². The van der Waals surface area contributed by atoms with Crippen molar-refractivity contribution < 1.29 is 4.79 Å². The second-order valence-electron chi connectivity index (χ2n) is 7.71. The van der Waals surface area contributed by atoms with Gasteiger partial charge in [-0.15, -0.1) is 5.10 Å². The number of fused-ring (bicyclic) bond motifs is 1. The topological polar surface area (TPSA) is 71.6 Å². The fraction of sp³-hybridized carbons (Fsp3) is 0.273. The normalized spacial score (nSPS) is 17.5. The highest BCUT2D eigenvalue weighted by Crippen LogP contribution is 2.28. The van der Waals surface area contributed by atoms with Crippen LogP contribution in [0.2, 0.25) is 0 Å². The van der Waals surface area contributed by atoms with Gasteiger partial charge in [0.2, 0.25) is 0 Å². The lowest BCUT2D eigenvalue weighted by Gasteiger charge is -2.38. The Kier molecular flexibility index (Phi) is 4.55. The number of nitrogens with zero attached hydrogens (tertiary/aromatic N) is 7. The van der Waals surface area contributed by atoms with Crippen LogP contribution in [-0.4, -0.2) is 67.0 Å². The van der Waals surface area contributed by atoms with Gasteiger partial charge in [-0.3, -0.25) is 14.4 Å². The first-order valence-electron chi connectivity index (χ1n) is 10.00. The van der Waals surface area contributed by atoms with Gasteiger partial charge in [0.05, 0.1) is 11.6 Å². The van der Waals surface area contributed by atoms with Gasteiger partial charge in [-0.05, 0) is 24.7 Å². The van der Waals surface area contributed by atoms with E-state index in [-0.39, 0.29) is 11.9 Å². The maximum absolute atomic E-state index is 12.9. The second-order valence-corrected chi connectivity index (χ2v) is 7.71. The van der Waals surface area contributed by atoms with Crippen LogP contribution in [-0.2, 0) is 7.05 Å². The molecule has 1 atom stereocenters. The zero-order valence-electron chi connectivity index (χ0n) is 17.0. The van der Waals surface area contributed by atoms with Gasteiger partial charge < -0.3 is 4.90 Å². The molecule has 0 radical (unpaired) electrons. The molecular formula is C22H23N7O. The Balaban J connectivity index is 1.44. The first-order chi connectivity index (χ1) is 14.6. The summed E-state index contributed by atoms with van der Waals surface area (Å²) in [5.41, 5.74) is 4.54. The molecule has 8 heteroatoms. The Morgan fingerprint density at radius 2 is 1.83 bits per heavy atom. The minimum atomic E-state index is -0.0449. The van der Waals surface area contributed by atoms with E-state index in [0.29, 0.717) is 18.8 Å². The van der Waals surface area contributed by atoms with Crippen LogP contribution >= 0.6 is 0 Å². The van der Waals surface area contributed by atoms with Gasteiger partial charge >= 0.3 is 0 Å². The summed E-state index contributed by atoms with van der Waals surface area (Å²) in [6.07, 6.45) is 3.79. The number of likely N-dealkylation sites (N-methyl/N-ethyl adjacent to an activating group) is 1. The van der Waals surface area contributed by atoms with Gasteiger partial charge in [0.15, 0.2) is 0 Å². The number of amides is 1. The quantitative estimate of drug-likeness (QED) is 0.527. The summed E-state index contributed by atoms with van der Waals surface area (Å²) in [5, 5.41) is 13.1. The SMILES string of the molecule is CN1CCN(C(=O)c2ccn(C)n2)C[C@H]1c1nnn2cc(-c3ccccc3)ccc12. The molecule has 1 aromatic carbocycles. The minimum absolute atomic E-state index is 0.0218. The van der Waals surface area contributed by atoms with Crippen LogP contribution in [0.5, 0.6) is 0 Å². The fourth-order valence-electron chi connectivity index (χ4n) is 4.00. The van der Waals surface area contributed by atoms with Crippen LogP contribution in [0.25, 0.3) is 16.6 Å². The molecule has 4 heterocycles. The predicted octanol–water partition coefficient (Wildman–Crippen LogP) is 2.26. The van der Waals surface area contributed by atoms with Crippen molar-refractivity contribution in [2.24, 2.45) is 7.05 Å². The molecule has 3 aromatic heterocycles. The Hall–Kier alpha value is -3.52. The number of hydrogen-bond acceptors (Lipinski definition) is 5. The molecule has 0 saturated carbocycles. The van der Waals surface area contributed by atoms with E-state index in [1.54, 1.807) is 16.9 Å². The maximum Gasteiger partial charge on any atom is 0.274 e. The number of benzene rings is 1. The third kappa shape index (κ3) is 3.25. The molecule has 0 unspecified atom stereocenters. The Morgan fingerprint density at radius 3 is 2.60 bits per heavy atom. The van der Waals surface area contributed by atoms with Crippen LogP contribution in [0.4, 0.5) is 0 Å². The van der Waals surface area contributed by atoms with Gasteiger partial charge in [-0.1, -0.05) is 41.6 Å². The number of aryl methyl sites for hydroxylation is 1. The third-order valence-electron chi connectivity index (χ3n) is 5.73. The van der Waals surface area contributed by atoms with Crippen LogP contribution in [0.1, 0.15) is 22.2 Å². The Morgan fingerprint density at radius 1 is 1.00 bits per heavy atom. The van der Waals surface area contributed by atoms with Crippen LogP contribution < -0.4 is 0 Å². The summed E-state index contributed by atoms with van der Waals surface area (Å²) in [6.45, 7) is 1.99. The van der Waals surface area contributed by atoms with Crippen LogP contribution in [0, 0.1) is 0 Å². The molecular weight excluding hydrogens is 378 g/mol. The number of hydrogen-bond donors (Lipinski definition) is 0.